The first-order valence-electron chi connectivity index (χ1n) is 7.08. The van der Waals surface area contributed by atoms with Gasteiger partial charge >= 0.3 is 12.5 Å². The second-order valence-electron chi connectivity index (χ2n) is 4.49. The molecule has 3 nitrogen and oxygen atoms in total. The number of aromatic nitrogens is 1. The topological polar surface area (TPSA) is 34.5 Å². The largest absolute Gasteiger partial charge is 0.416 e. The SMILES string of the molecule is C=C/C=C\N=C(CSCC)c1ccc(COC(F)(F)C(F)F)cn1. The summed E-state index contributed by atoms with van der Waals surface area (Å²) in [7, 11) is 0. The summed E-state index contributed by atoms with van der Waals surface area (Å²) in [4.78, 5) is 8.43. The van der Waals surface area contributed by atoms with E-state index in [4.69, 9.17) is 0 Å². The minimum Gasteiger partial charge on any atom is -0.311 e. The molecule has 0 atom stereocenters. The molecule has 0 bridgehead atoms. The number of ether oxygens (including phenoxy) is 1. The van der Waals surface area contributed by atoms with Gasteiger partial charge in [0.15, 0.2) is 0 Å². The smallest absolute Gasteiger partial charge is 0.311 e. The molecular formula is C16H18F4N2OS. The van der Waals surface area contributed by atoms with Crippen molar-refractivity contribution in [3.8, 4) is 0 Å². The zero-order chi connectivity index (χ0) is 18.0. The van der Waals surface area contributed by atoms with Gasteiger partial charge in [-0.1, -0.05) is 25.6 Å². The van der Waals surface area contributed by atoms with Crippen molar-refractivity contribution in [1.29, 1.82) is 0 Å². The van der Waals surface area contributed by atoms with E-state index in [1.165, 1.54) is 12.3 Å². The molecule has 0 aliphatic heterocycles. The Hall–Kier alpha value is -1.67. The van der Waals surface area contributed by atoms with E-state index in [1.54, 1.807) is 36.2 Å². The minimum absolute atomic E-state index is 0.267. The first-order valence-corrected chi connectivity index (χ1v) is 8.23. The third-order valence-corrected chi connectivity index (χ3v) is 3.59. The van der Waals surface area contributed by atoms with Crippen LogP contribution in [0.15, 0.2) is 48.3 Å². The van der Waals surface area contributed by atoms with Gasteiger partial charge < -0.3 is 4.74 Å². The summed E-state index contributed by atoms with van der Waals surface area (Å²) in [5.74, 6) is 1.53. The first-order chi connectivity index (χ1) is 11.4. The van der Waals surface area contributed by atoms with Gasteiger partial charge in [0.1, 0.15) is 0 Å². The molecule has 0 aromatic carbocycles. The highest BCUT2D eigenvalue weighted by molar-refractivity contribution is 7.99. The van der Waals surface area contributed by atoms with Crippen LogP contribution in [0.2, 0.25) is 0 Å². The summed E-state index contributed by atoms with van der Waals surface area (Å²) in [5.41, 5.74) is 1.56. The minimum atomic E-state index is -4.47. The fourth-order valence-corrected chi connectivity index (χ4v) is 2.11. The zero-order valence-corrected chi connectivity index (χ0v) is 13.9. The molecular weight excluding hydrogens is 344 g/mol. The number of halogens is 4. The highest BCUT2D eigenvalue weighted by atomic mass is 32.2. The van der Waals surface area contributed by atoms with Crippen molar-refractivity contribution in [2.75, 3.05) is 11.5 Å². The molecule has 0 aliphatic carbocycles. The molecule has 0 amide bonds. The van der Waals surface area contributed by atoms with Crippen LogP contribution in [0, 0.1) is 0 Å². The van der Waals surface area contributed by atoms with Crippen molar-refractivity contribution in [2.24, 2.45) is 4.99 Å². The van der Waals surface area contributed by atoms with Crippen molar-refractivity contribution < 1.29 is 22.3 Å². The predicted octanol–water partition coefficient (Wildman–Crippen LogP) is 4.70. The lowest BCUT2D eigenvalue weighted by Gasteiger charge is -2.15. The quantitative estimate of drug-likeness (QED) is 0.344. The summed E-state index contributed by atoms with van der Waals surface area (Å²) < 4.78 is 53.4. The van der Waals surface area contributed by atoms with Crippen molar-refractivity contribution in [3.05, 3.63) is 54.5 Å². The van der Waals surface area contributed by atoms with Crippen LogP contribution in [-0.4, -0.2) is 34.7 Å². The van der Waals surface area contributed by atoms with E-state index in [1.807, 2.05) is 6.92 Å². The number of thioether (sulfide) groups is 1. The zero-order valence-electron chi connectivity index (χ0n) is 13.1. The second kappa shape index (κ2) is 10.2. The summed E-state index contributed by atoms with van der Waals surface area (Å²) in [6.45, 7) is 4.91. The van der Waals surface area contributed by atoms with Crippen molar-refractivity contribution in [2.45, 2.75) is 26.1 Å². The Morgan fingerprint density at radius 3 is 2.75 bits per heavy atom. The molecule has 1 heterocycles. The highest BCUT2D eigenvalue weighted by Crippen LogP contribution is 2.25. The monoisotopic (exact) mass is 362 g/mol. The van der Waals surface area contributed by atoms with Crippen molar-refractivity contribution in [3.63, 3.8) is 0 Å². The van der Waals surface area contributed by atoms with Gasteiger partial charge in [0.05, 0.1) is 18.0 Å². The molecule has 1 aromatic heterocycles. The Morgan fingerprint density at radius 1 is 1.46 bits per heavy atom. The number of alkyl halides is 4. The van der Waals surface area contributed by atoms with Gasteiger partial charge in [0, 0.05) is 18.1 Å². The molecule has 0 saturated carbocycles. The number of pyridine rings is 1. The normalized spacial score (nSPS) is 13.0. The molecule has 0 N–H and O–H groups in total. The van der Waals surface area contributed by atoms with Crippen LogP contribution in [0.5, 0.6) is 0 Å². The van der Waals surface area contributed by atoms with Crippen LogP contribution in [0.1, 0.15) is 18.2 Å². The third kappa shape index (κ3) is 6.84. The maximum atomic E-state index is 12.7. The van der Waals surface area contributed by atoms with E-state index in [-0.39, 0.29) is 5.56 Å². The molecule has 8 heteroatoms. The van der Waals surface area contributed by atoms with Crippen LogP contribution in [-0.2, 0) is 11.3 Å². The number of nitrogens with zero attached hydrogens (tertiary/aromatic N) is 2. The van der Waals surface area contributed by atoms with Crippen LogP contribution >= 0.6 is 11.8 Å². The van der Waals surface area contributed by atoms with Gasteiger partial charge in [-0.15, -0.1) is 0 Å². The van der Waals surface area contributed by atoms with Gasteiger partial charge in [0.25, 0.3) is 0 Å². The Balaban J connectivity index is 2.80. The Morgan fingerprint density at radius 2 is 2.21 bits per heavy atom. The van der Waals surface area contributed by atoms with Crippen molar-refractivity contribution in [1.82, 2.24) is 4.98 Å². The number of aliphatic imine (C=N–C) groups is 1. The number of allylic oxidation sites excluding steroid dienone is 2. The first kappa shape index (κ1) is 20.4. The molecule has 0 spiro atoms. The molecule has 0 saturated heterocycles. The Kier molecular flexibility index (Phi) is 8.70. The number of rotatable bonds is 10. The fraction of sp³-hybridized carbons (Fsp3) is 0.375. The highest BCUT2D eigenvalue weighted by Gasteiger charge is 2.42. The molecule has 0 fully saturated rings. The second-order valence-corrected chi connectivity index (χ2v) is 5.77. The van der Waals surface area contributed by atoms with E-state index in [2.05, 4.69) is 21.3 Å². The summed E-state index contributed by atoms with van der Waals surface area (Å²) in [5, 5.41) is 0. The fourth-order valence-electron chi connectivity index (χ4n) is 1.49. The Bertz CT molecular complexity index is 574. The van der Waals surface area contributed by atoms with E-state index >= 15 is 0 Å². The molecule has 1 aromatic rings. The maximum absolute atomic E-state index is 12.7. The predicted molar refractivity (Wildman–Crippen MR) is 88.9 cm³/mol. The summed E-state index contributed by atoms with van der Waals surface area (Å²) in [6.07, 6.45) is -2.19. The van der Waals surface area contributed by atoms with Gasteiger partial charge in [-0.05, 0) is 23.5 Å². The maximum Gasteiger partial charge on any atom is 0.416 e. The van der Waals surface area contributed by atoms with Crippen LogP contribution in [0.3, 0.4) is 0 Å². The number of hydrogen-bond donors (Lipinski definition) is 0. The molecule has 1 rings (SSSR count). The lowest BCUT2D eigenvalue weighted by molar-refractivity contribution is -0.305. The van der Waals surface area contributed by atoms with Crippen molar-refractivity contribution >= 4 is 17.5 Å². The Labute approximate surface area is 142 Å². The van der Waals surface area contributed by atoms with Gasteiger partial charge in [-0.3, -0.25) is 9.98 Å². The van der Waals surface area contributed by atoms with Crippen LogP contribution in [0.4, 0.5) is 17.6 Å². The third-order valence-electron chi connectivity index (χ3n) is 2.70. The average molecular weight is 362 g/mol. The van der Waals surface area contributed by atoms with E-state index in [0.717, 1.165) is 5.75 Å². The molecule has 0 unspecified atom stereocenters. The summed E-state index contributed by atoms with van der Waals surface area (Å²) in [6, 6.07) is 3.09. The van der Waals surface area contributed by atoms with E-state index in [0.29, 0.717) is 17.2 Å². The van der Waals surface area contributed by atoms with Gasteiger partial charge in [-0.25, -0.2) is 8.78 Å². The van der Waals surface area contributed by atoms with Crippen LogP contribution < -0.4 is 0 Å². The summed E-state index contributed by atoms with van der Waals surface area (Å²) >= 11 is 1.65. The van der Waals surface area contributed by atoms with Gasteiger partial charge in [-0.2, -0.15) is 20.5 Å². The molecule has 0 radical (unpaired) electrons. The van der Waals surface area contributed by atoms with E-state index in [9.17, 15) is 17.6 Å². The molecule has 0 aliphatic rings. The lowest BCUT2D eigenvalue weighted by atomic mass is 10.2. The van der Waals surface area contributed by atoms with Gasteiger partial charge in [0.2, 0.25) is 0 Å². The molecule has 24 heavy (non-hydrogen) atoms. The number of hydrogen-bond acceptors (Lipinski definition) is 4. The lowest BCUT2D eigenvalue weighted by Crippen LogP contribution is -2.29. The standard InChI is InChI=1S/C16H18F4N2OS/c1-3-5-8-21-14(11-24-4-2)13-7-6-12(9-22-13)10-23-16(19,20)15(17)18/h3,5-9,15H,1,4,10-11H2,2H3/b8-5-,21-14?. The average Bonchev–Trinajstić information content (AvgIpc) is 2.56. The molecule has 132 valence electrons. The van der Waals surface area contributed by atoms with Crippen LogP contribution in [0.25, 0.3) is 0 Å². The van der Waals surface area contributed by atoms with E-state index < -0.39 is 19.1 Å².